The summed E-state index contributed by atoms with van der Waals surface area (Å²) >= 11 is 7.27. The molecule has 136 valence electrons. The number of nitrogens with zero attached hydrogens (tertiary/aromatic N) is 2. The Hall–Kier alpha value is -2.32. The number of benzene rings is 1. The number of primary amides is 1. The minimum atomic E-state index is -3.00. The van der Waals surface area contributed by atoms with Crippen molar-refractivity contribution < 1.29 is 13.6 Å². The lowest BCUT2D eigenvalue weighted by Gasteiger charge is -2.13. The highest BCUT2D eigenvalue weighted by molar-refractivity contribution is 7.17. The molecule has 0 aliphatic carbocycles. The maximum Gasteiger partial charge on any atom is 0.270 e. The van der Waals surface area contributed by atoms with Crippen molar-refractivity contribution in [1.82, 2.24) is 9.38 Å². The van der Waals surface area contributed by atoms with Crippen molar-refractivity contribution in [3.8, 4) is 0 Å². The molecule has 0 spiro atoms. The van der Waals surface area contributed by atoms with E-state index in [1.165, 1.54) is 24.3 Å². The Labute approximate surface area is 156 Å². The second kappa shape index (κ2) is 6.44. The minimum Gasteiger partial charge on any atom is -0.364 e. The van der Waals surface area contributed by atoms with Crippen molar-refractivity contribution in [3.05, 3.63) is 67.0 Å². The van der Waals surface area contributed by atoms with Crippen LogP contribution in [0.15, 0.2) is 29.1 Å². The molecule has 1 amide bonds. The number of carbonyl (C=O) groups is 1. The van der Waals surface area contributed by atoms with Gasteiger partial charge in [-0.05, 0) is 24.6 Å². The summed E-state index contributed by atoms with van der Waals surface area (Å²) in [7, 11) is 0. The summed E-state index contributed by atoms with van der Waals surface area (Å²) < 4.78 is 28.2. The van der Waals surface area contributed by atoms with Gasteiger partial charge in [0.15, 0.2) is 4.96 Å². The van der Waals surface area contributed by atoms with E-state index in [1.54, 1.807) is 6.92 Å². The molecule has 3 rings (SSSR count). The third kappa shape index (κ3) is 3.34. The molecule has 0 bridgehead atoms. The molecule has 0 aliphatic heterocycles. The highest BCUT2D eigenvalue weighted by Crippen LogP contribution is 2.31. The maximum atomic E-state index is 13.5. The van der Waals surface area contributed by atoms with Crippen LogP contribution in [0.1, 0.15) is 39.1 Å². The Kier molecular flexibility index (Phi) is 4.58. The molecular formula is C17H14ClF2N3O2S. The van der Waals surface area contributed by atoms with Gasteiger partial charge in [0.1, 0.15) is 5.69 Å². The highest BCUT2D eigenvalue weighted by atomic mass is 35.5. The summed E-state index contributed by atoms with van der Waals surface area (Å²) in [4.78, 5) is 29.2. The molecule has 0 fully saturated rings. The number of thiazole rings is 1. The minimum absolute atomic E-state index is 0.0969. The van der Waals surface area contributed by atoms with Crippen LogP contribution in [0.5, 0.6) is 0 Å². The Morgan fingerprint density at radius 1 is 1.38 bits per heavy atom. The van der Waals surface area contributed by atoms with Crippen LogP contribution in [-0.2, 0) is 12.3 Å². The highest BCUT2D eigenvalue weighted by Gasteiger charge is 2.25. The molecule has 0 atom stereocenters. The first-order valence-electron chi connectivity index (χ1n) is 7.56. The van der Waals surface area contributed by atoms with Crippen molar-refractivity contribution >= 4 is 33.8 Å². The first kappa shape index (κ1) is 18.5. The monoisotopic (exact) mass is 397 g/mol. The summed E-state index contributed by atoms with van der Waals surface area (Å²) in [5.74, 6) is -3.72. The number of amides is 1. The topological polar surface area (TPSA) is 77.5 Å². The van der Waals surface area contributed by atoms with Gasteiger partial charge in [-0.2, -0.15) is 0 Å². The van der Waals surface area contributed by atoms with E-state index in [9.17, 15) is 18.4 Å². The number of rotatable bonds is 4. The number of halogens is 3. The normalized spacial score (nSPS) is 11.9. The van der Waals surface area contributed by atoms with Gasteiger partial charge in [0.05, 0.1) is 5.69 Å². The van der Waals surface area contributed by atoms with Crippen LogP contribution in [0.3, 0.4) is 0 Å². The fourth-order valence-electron chi connectivity index (χ4n) is 2.68. The maximum absolute atomic E-state index is 13.5. The molecule has 0 radical (unpaired) electrons. The smallest absolute Gasteiger partial charge is 0.270 e. The molecule has 5 nitrogen and oxygen atoms in total. The number of aromatic nitrogens is 2. The number of alkyl halides is 2. The molecule has 1 aromatic carbocycles. The Balaban J connectivity index is 2.08. The Morgan fingerprint density at radius 3 is 2.69 bits per heavy atom. The van der Waals surface area contributed by atoms with E-state index in [-0.39, 0.29) is 17.7 Å². The number of hydrogen-bond donors (Lipinski definition) is 1. The molecule has 2 heterocycles. The number of aryl methyl sites for hydroxylation is 1. The predicted octanol–water partition coefficient (Wildman–Crippen LogP) is 3.52. The van der Waals surface area contributed by atoms with E-state index in [0.29, 0.717) is 26.1 Å². The third-order valence-electron chi connectivity index (χ3n) is 3.90. The van der Waals surface area contributed by atoms with Gasteiger partial charge in [-0.1, -0.05) is 17.7 Å². The second-order valence-corrected chi connectivity index (χ2v) is 7.53. The summed E-state index contributed by atoms with van der Waals surface area (Å²) in [6.07, 6.45) is 0.108. The number of nitrogens with two attached hydrogens (primary N) is 1. The standard InChI is InChI=1S/C17H14ClF2N3O2S/c1-8-14(15(21)25)23-13(24)7-11(22-16(23)26-8)6-9-5-10(17(2,19)20)3-4-12(9)18/h3-5,7H,6H2,1-2H3,(H2,21,25). The molecule has 26 heavy (non-hydrogen) atoms. The summed E-state index contributed by atoms with van der Waals surface area (Å²) in [6, 6.07) is 5.22. The van der Waals surface area contributed by atoms with Crippen LogP contribution < -0.4 is 11.3 Å². The fraction of sp³-hybridized carbons (Fsp3) is 0.235. The lowest BCUT2D eigenvalue weighted by Crippen LogP contribution is -2.23. The van der Waals surface area contributed by atoms with Crippen LogP contribution in [0.25, 0.3) is 4.96 Å². The molecule has 0 aliphatic rings. The molecule has 0 saturated heterocycles. The van der Waals surface area contributed by atoms with Gasteiger partial charge < -0.3 is 5.73 Å². The molecule has 2 aromatic heterocycles. The van der Waals surface area contributed by atoms with E-state index in [4.69, 9.17) is 17.3 Å². The predicted molar refractivity (Wildman–Crippen MR) is 96.4 cm³/mol. The van der Waals surface area contributed by atoms with Crippen molar-refractivity contribution in [3.63, 3.8) is 0 Å². The Morgan fingerprint density at radius 2 is 2.08 bits per heavy atom. The zero-order valence-corrected chi connectivity index (χ0v) is 15.4. The van der Waals surface area contributed by atoms with Gasteiger partial charge in [0.25, 0.3) is 17.4 Å². The average molecular weight is 398 g/mol. The van der Waals surface area contributed by atoms with Gasteiger partial charge in [0, 0.05) is 34.9 Å². The lowest BCUT2D eigenvalue weighted by atomic mass is 10.0. The average Bonchev–Trinajstić information content (AvgIpc) is 2.85. The SMILES string of the molecule is Cc1sc2nc(Cc3cc(C(C)(F)F)ccc3Cl)cc(=O)n2c1C(N)=O. The zero-order valence-electron chi connectivity index (χ0n) is 13.8. The van der Waals surface area contributed by atoms with Gasteiger partial charge >= 0.3 is 0 Å². The fourth-order valence-corrected chi connectivity index (χ4v) is 3.86. The largest absolute Gasteiger partial charge is 0.364 e. The van der Waals surface area contributed by atoms with Crippen molar-refractivity contribution in [2.45, 2.75) is 26.2 Å². The van der Waals surface area contributed by atoms with Gasteiger partial charge in [-0.15, -0.1) is 11.3 Å². The van der Waals surface area contributed by atoms with Crippen LogP contribution >= 0.6 is 22.9 Å². The number of hydrogen-bond acceptors (Lipinski definition) is 4. The number of fused-ring (bicyclic) bond motifs is 1. The lowest BCUT2D eigenvalue weighted by molar-refractivity contribution is 0.0174. The molecule has 0 saturated carbocycles. The first-order chi connectivity index (χ1) is 12.1. The second-order valence-electron chi connectivity index (χ2n) is 5.95. The van der Waals surface area contributed by atoms with E-state index >= 15 is 0 Å². The quantitative estimate of drug-likeness (QED) is 0.731. The zero-order chi connectivity index (χ0) is 19.2. The van der Waals surface area contributed by atoms with E-state index in [1.807, 2.05) is 0 Å². The third-order valence-corrected chi connectivity index (χ3v) is 5.22. The summed E-state index contributed by atoms with van der Waals surface area (Å²) in [5, 5.41) is 0.306. The molecule has 0 unspecified atom stereocenters. The molecule has 3 aromatic rings. The van der Waals surface area contributed by atoms with Crippen LogP contribution in [0.4, 0.5) is 8.78 Å². The first-order valence-corrected chi connectivity index (χ1v) is 8.76. The van der Waals surface area contributed by atoms with E-state index < -0.39 is 17.4 Å². The van der Waals surface area contributed by atoms with Crippen molar-refractivity contribution in [1.29, 1.82) is 0 Å². The van der Waals surface area contributed by atoms with E-state index in [0.717, 1.165) is 22.7 Å². The van der Waals surface area contributed by atoms with Gasteiger partial charge in [-0.3, -0.25) is 9.59 Å². The van der Waals surface area contributed by atoms with Crippen LogP contribution in [0.2, 0.25) is 5.02 Å². The van der Waals surface area contributed by atoms with Crippen LogP contribution in [0, 0.1) is 6.92 Å². The van der Waals surface area contributed by atoms with Gasteiger partial charge in [0.2, 0.25) is 0 Å². The van der Waals surface area contributed by atoms with Gasteiger partial charge in [-0.25, -0.2) is 18.2 Å². The van der Waals surface area contributed by atoms with E-state index in [2.05, 4.69) is 4.98 Å². The van der Waals surface area contributed by atoms with Crippen molar-refractivity contribution in [2.75, 3.05) is 0 Å². The molecular weight excluding hydrogens is 384 g/mol. The van der Waals surface area contributed by atoms with Crippen molar-refractivity contribution in [2.24, 2.45) is 5.73 Å². The number of carbonyl (C=O) groups excluding carboxylic acids is 1. The Bertz CT molecular complexity index is 1090. The van der Waals surface area contributed by atoms with Crippen LogP contribution in [-0.4, -0.2) is 15.3 Å². The summed E-state index contributed by atoms with van der Waals surface area (Å²) in [5.41, 5.74) is 5.59. The molecule has 2 N–H and O–H groups in total. The molecule has 9 heteroatoms. The summed E-state index contributed by atoms with van der Waals surface area (Å²) in [6.45, 7) is 2.47.